The summed E-state index contributed by atoms with van der Waals surface area (Å²) in [5, 5.41) is 14.4. The van der Waals surface area contributed by atoms with Crippen molar-refractivity contribution in [3.8, 4) is 0 Å². The number of aromatic nitrogens is 1. The molecule has 178 valence electrons. The molecule has 0 aliphatic heterocycles. The number of aryl methyl sites for hydroxylation is 2. The standard InChI is InChI=1S/C24H31BrN4O4/c1-13-9-14(2)27-23(31)20(13)12-26-22(30)19-10-16(25)11-21(15(19)3)29(4)18-7-5-17(6-8-18)28-24(32)33/h9-11,17-18,28H,5-8,12H2,1-4H3,(H,26,30)(H,27,31)(H,32,33). The van der Waals surface area contributed by atoms with Crippen molar-refractivity contribution < 1.29 is 14.7 Å². The van der Waals surface area contributed by atoms with Crippen molar-refractivity contribution in [1.82, 2.24) is 15.6 Å². The first-order valence-electron chi connectivity index (χ1n) is 11.1. The van der Waals surface area contributed by atoms with Crippen molar-refractivity contribution in [1.29, 1.82) is 0 Å². The molecule has 0 spiro atoms. The number of nitrogens with one attached hydrogen (secondary N) is 3. The third-order valence-electron chi connectivity index (χ3n) is 6.46. The second-order valence-electron chi connectivity index (χ2n) is 8.79. The normalized spacial score (nSPS) is 18.0. The van der Waals surface area contributed by atoms with Crippen LogP contribution < -0.4 is 21.1 Å². The van der Waals surface area contributed by atoms with E-state index in [1.165, 1.54) is 0 Å². The SMILES string of the molecule is Cc1cc(C)c(CNC(=O)c2cc(Br)cc(N(C)C3CCC(NC(=O)O)CC3)c2C)c(=O)[nH]1. The number of carboxylic acid groups (broad SMARTS) is 1. The van der Waals surface area contributed by atoms with E-state index in [4.69, 9.17) is 5.11 Å². The molecule has 1 fully saturated rings. The first-order valence-corrected chi connectivity index (χ1v) is 11.9. The summed E-state index contributed by atoms with van der Waals surface area (Å²) >= 11 is 3.53. The zero-order valence-electron chi connectivity index (χ0n) is 19.4. The van der Waals surface area contributed by atoms with Gasteiger partial charge in [0, 0.05) is 52.7 Å². The minimum Gasteiger partial charge on any atom is -0.465 e. The van der Waals surface area contributed by atoms with Gasteiger partial charge in [-0.25, -0.2) is 4.79 Å². The molecule has 3 rings (SSSR count). The number of aromatic amines is 1. The van der Waals surface area contributed by atoms with Crippen LogP contribution in [-0.4, -0.2) is 41.2 Å². The van der Waals surface area contributed by atoms with Crippen LogP contribution in [0, 0.1) is 20.8 Å². The number of nitrogens with zero attached hydrogens (tertiary/aromatic N) is 1. The molecule has 9 heteroatoms. The van der Waals surface area contributed by atoms with Gasteiger partial charge in [0.15, 0.2) is 0 Å². The fourth-order valence-electron chi connectivity index (χ4n) is 4.61. The lowest BCUT2D eigenvalue weighted by atomic mass is 9.89. The molecule has 33 heavy (non-hydrogen) atoms. The molecular weight excluding hydrogens is 488 g/mol. The van der Waals surface area contributed by atoms with E-state index in [0.717, 1.165) is 52.7 Å². The molecule has 0 radical (unpaired) electrons. The van der Waals surface area contributed by atoms with Crippen LogP contribution in [0.5, 0.6) is 0 Å². The number of carbonyl (C=O) groups is 2. The highest BCUT2D eigenvalue weighted by molar-refractivity contribution is 9.10. The maximum Gasteiger partial charge on any atom is 0.404 e. The van der Waals surface area contributed by atoms with Gasteiger partial charge in [-0.15, -0.1) is 0 Å². The molecule has 0 unspecified atom stereocenters. The Morgan fingerprint density at radius 2 is 1.82 bits per heavy atom. The van der Waals surface area contributed by atoms with Gasteiger partial charge >= 0.3 is 6.09 Å². The van der Waals surface area contributed by atoms with E-state index < -0.39 is 6.09 Å². The highest BCUT2D eigenvalue weighted by atomic mass is 79.9. The summed E-state index contributed by atoms with van der Waals surface area (Å²) in [7, 11) is 2.02. The van der Waals surface area contributed by atoms with Gasteiger partial charge in [-0.1, -0.05) is 15.9 Å². The minimum absolute atomic E-state index is 0.00882. The largest absolute Gasteiger partial charge is 0.465 e. The predicted molar refractivity (Wildman–Crippen MR) is 132 cm³/mol. The molecule has 8 nitrogen and oxygen atoms in total. The van der Waals surface area contributed by atoms with Crippen molar-refractivity contribution in [2.75, 3.05) is 11.9 Å². The summed E-state index contributed by atoms with van der Waals surface area (Å²) in [4.78, 5) is 41.2. The van der Waals surface area contributed by atoms with E-state index in [1.54, 1.807) is 6.07 Å². The number of halogens is 1. The van der Waals surface area contributed by atoms with E-state index in [1.807, 2.05) is 40.0 Å². The monoisotopic (exact) mass is 518 g/mol. The van der Waals surface area contributed by atoms with Crippen molar-refractivity contribution >= 4 is 33.6 Å². The van der Waals surface area contributed by atoms with Gasteiger partial charge in [-0.3, -0.25) is 9.59 Å². The second kappa shape index (κ2) is 10.4. The number of benzene rings is 1. The van der Waals surface area contributed by atoms with E-state index >= 15 is 0 Å². The lowest BCUT2D eigenvalue weighted by Crippen LogP contribution is -2.42. The maximum atomic E-state index is 13.1. The number of carbonyl (C=O) groups excluding carboxylic acids is 1. The molecule has 2 amide bonds. The van der Waals surface area contributed by atoms with Crippen LogP contribution in [0.3, 0.4) is 0 Å². The van der Waals surface area contributed by atoms with Crippen molar-refractivity contribution in [3.05, 3.63) is 61.0 Å². The Labute approximate surface area is 201 Å². The van der Waals surface area contributed by atoms with Crippen LogP contribution in [-0.2, 0) is 6.54 Å². The van der Waals surface area contributed by atoms with Crippen LogP contribution in [0.2, 0.25) is 0 Å². The summed E-state index contributed by atoms with van der Waals surface area (Å²) in [6.07, 6.45) is 2.32. The second-order valence-corrected chi connectivity index (χ2v) is 9.70. The van der Waals surface area contributed by atoms with Gasteiger partial charge in [0.1, 0.15) is 0 Å². The number of H-pyrrole nitrogens is 1. The van der Waals surface area contributed by atoms with Gasteiger partial charge in [0.25, 0.3) is 11.5 Å². The summed E-state index contributed by atoms with van der Waals surface area (Å²) in [5.41, 5.74) is 4.35. The lowest BCUT2D eigenvalue weighted by Gasteiger charge is -2.37. The van der Waals surface area contributed by atoms with Crippen LogP contribution in [0.4, 0.5) is 10.5 Å². The summed E-state index contributed by atoms with van der Waals surface area (Å²) in [5.74, 6) is -0.239. The Morgan fingerprint density at radius 1 is 1.15 bits per heavy atom. The molecule has 0 saturated heterocycles. The van der Waals surface area contributed by atoms with E-state index in [2.05, 4.69) is 36.4 Å². The van der Waals surface area contributed by atoms with Crippen LogP contribution in [0.25, 0.3) is 0 Å². The van der Waals surface area contributed by atoms with E-state index in [0.29, 0.717) is 11.1 Å². The number of pyridine rings is 1. The molecule has 1 aromatic carbocycles. The average Bonchev–Trinajstić information content (AvgIpc) is 2.73. The molecule has 0 atom stereocenters. The molecular formula is C24H31BrN4O4. The van der Waals surface area contributed by atoms with Crippen LogP contribution in [0.1, 0.15) is 58.4 Å². The zero-order valence-corrected chi connectivity index (χ0v) is 21.0. The highest BCUT2D eigenvalue weighted by Gasteiger charge is 2.27. The summed E-state index contributed by atoms with van der Waals surface area (Å²) in [6, 6.07) is 5.94. The van der Waals surface area contributed by atoms with Gasteiger partial charge in [0.05, 0.1) is 0 Å². The Kier molecular flexibility index (Phi) is 7.84. The topological polar surface area (TPSA) is 115 Å². The predicted octanol–water partition coefficient (Wildman–Crippen LogP) is 4.01. The summed E-state index contributed by atoms with van der Waals surface area (Å²) < 4.78 is 0.797. The quantitative estimate of drug-likeness (QED) is 0.461. The smallest absolute Gasteiger partial charge is 0.404 e. The number of hydrogen-bond acceptors (Lipinski definition) is 4. The van der Waals surface area contributed by atoms with Gasteiger partial charge in [-0.2, -0.15) is 0 Å². The highest BCUT2D eigenvalue weighted by Crippen LogP contribution is 2.32. The Hall–Kier alpha value is -2.81. The Balaban J connectivity index is 1.75. The molecule has 1 heterocycles. The van der Waals surface area contributed by atoms with Crippen molar-refractivity contribution in [3.63, 3.8) is 0 Å². The first kappa shape index (κ1) is 24.8. The number of anilines is 1. The van der Waals surface area contributed by atoms with Crippen LogP contribution in [0.15, 0.2) is 27.5 Å². The fraction of sp³-hybridized carbons (Fsp3) is 0.458. The third kappa shape index (κ3) is 5.96. The lowest BCUT2D eigenvalue weighted by molar-refractivity contribution is 0.0950. The van der Waals surface area contributed by atoms with Crippen molar-refractivity contribution in [2.24, 2.45) is 0 Å². The zero-order chi connectivity index (χ0) is 24.3. The molecule has 2 aromatic rings. The van der Waals surface area contributed by atoms with Crippen LogP contribution >= 0.6 is 15.9 Å². The minimum atomic E-state index is -0.979. The number of rotatable bonds is 6. The molecule has 1 saturated carbocycles. The molecule has 1 aliphatic carbocycles. The third-order valence-corrected chi connectivity index (χ3v) is 6.92. The molecule has 1 aromatic heterocycles. The van der Waals surface area contributed by atoms with Gasteiger partial charge in [0.2, 0.25) is 0 Å². The Morgan fingerprint density at radius 3 is 2.42 bits per heavy atom. The molecule has 1 aliphatic rings. The average molecular weight is 519 g/mol. The Bertz CT molecular complexity index is 1110. The van der Waals surface area contributed by atoms with Gasteiger partial charge in [-0.05, 0) is 75.8 Å². The van der Waals surface area contributed by atoms with E-state index in [-0.39, 0.29) is 30.1 Å². The van der Waals surface area contributed by atoms with E-state index in [9.17, 15) is 14.4 Å². The maximum absolute atomic E-state index is 13.1. The number of amides is 2. The van der Waals surface area contributed by atoms with Gasteiger partial charge < -0.3 is 25.6 Å². The first-order chi connectivity index (χ1) is 15.6. The molecule has 4 N–H and O–H groups in total. The van der Waals surface area contributed by atoms with Crippen molar-refractivity contribution in [2.45, 2.75) is 65.1 Å². The summed E-state index contributed by atoms with van der Waals surface area (Å²) in [6.45, 7) is 5.77. The number of hydrogen-bond donors (Lipinski definition) is 4. The molecule has 0 bridgehead atoms. The fourth-order valence-corrected chi connectivity index (χ4v) is 5.06.